The molecule has 1 aliphatic carbocycles. The summed E-state index contributed by atoms with van der Waals surface area (Å²) in [6, 6.07) is 3.05. The normalized spacial score (nSPS) is 15.4. The Hall–Kier alpha value is -2.01. The zero-order chi connectivity index (χ0) is 13.9. The molecule has 2 aromatic heterocycles. The average molecular weight is 286 g/mol. The molecule has 0 radical (unpaired) electrons. The summed E-state index contributed by atoms with van der Waals surface area (Å²) in [6.07, 6.45) is 10.9. The van der Waals surface area contributed by atoms with Gasteiger partial charge in [-0.25, -0.2) is 9.78 Å². The van der Waals surface area contributed by atoms with E-state index in [1.54, 1.807) is 17.4 Å². The second kappa shape index (κ2) is 5.54. The van der Waals surface area contributed by atoms with Crippen LogP contribution in [-0.4, -0.2) is 21.0 Å². The van der Waals surface area contributed by atoms with Gasteiger partial charge in [0.1, 0.15) is 0 Å². The molecule has 1 aliphatic rings. The van der Waals surface area contributed by atoms with Crippen LogP contribution in [0.25, 0.3) is 12.2 Å². The molecule has 0 aromatic carbocycles. The van der Waals surface area contributed by atoms with Crippen molar-refractivity contribution in [2.24, 2.45) is 0 Å². The highest BCUT2D eigenvalue weighted by Gasteiger charge is 2.22. The molecule has 2 heterocycles. The topological polar surface area (TPSA) is 63.1 Å². The van der Waals surface area contributed by atoms with Gasteiger partial charge in [0.05, 0.1) is 16.3 Å². The molecule has 0 amide bonds. The lowest BCUT2D eigenvalue weighted by Crippen LogP contribution is -2.07. The zero-order valence-electron chi connectivity index (χ0n) is 10.8. The van der Waals surface area contributed by atoms with Crippen LogP contribution in [-0.2, 0) is 0 Å². The van der Waals surface area contributed by atoms with Gasteiger partial charge in [-0.1, -0.05) is 6.42 Å². The molecule has 0 spiro atoms. The number of rotatable bonds is 4. The zero-order valence-corrected chi connectivity index (χ0v) is 11.6. The lowest BCUT2D eigenvalue weighted by atomic mass is 9.86. The van der Waals surface area contributed by atoms with Gasteiger partial charge in [-0.2, -0.15) is 0 Å². The first kappa shape index (κ1) is 13.0. The van der Waals surface area contributed by atoms with E-state index in [0.717, 1.165) is 4.88 Å². The van der Waals surface area contributed by atoms with E-state index in [1.165, 1.54) is 36.5 Å². The number of pyridine rings is 1. The largest absolute Gasteiger partial charge is 0.478 e. The fourth-order valence-electron chi connectivity index (χ4n) is 2.06. The van der Waals surface area contributed by atoms with Gasteiger partial charge < -0.3 is 5.11 Å². The summed E-state index contributed by atoms with van der Waals surface area (Å²) in [5, 5.41) is 10.1. The van der Waals surface area contributed by atoms with Crippen LogP contribution < -0.4 is 0 Å². The van der Waals surface area contributed by atoms with Crippen molar-refractivity contribution in [1.82, 2.24) is 9.97 Å². The van der Waals surface area contributed by atoms with E-state index in [4.69, 9.17) is 5.11 Å². The summed E-state index contributed by atoms with van der Waals surface area (Å²) in [4.78, 5) is 20.6. The van der Waals surface area contributed by atoms with Gasteiger partial charge in [0, 0.05) is 23.2 Å². The van der Waals surface area contributed by atoms with Crippen molar-refractivity contribution in [2.45, 2.75) is 25.2 Å². The molecule has 0 saturated heterocycles. The molecule has 0 bridgehead atoms. The van der Waals surface area contributed by atoms with E-state index in [0.29, 0.717) is 11.6 Å². The number of aromatic nitrogens is 2. The van der Waals surface area contributed by atoms with Crippen LogP contribution in [0.2, 0.25) is 0 Å². The van der Waals surface area contributed by atoms with Crippen molar-refractivity contribution in [1.29, 1.82) is 0 Å². The van der Waals surface area contributed by atoms with Crippen LogP contribution in [0.4, 0.5) is 0 Å². The molecule has 20 heavy (non-hydrogen) atoms. The predicted molar refractivity (Wildman–Crippen MR) is 78.8 cm³/mol. The number of carbonyl (C=O) groups is 1. The molecule has 1 fully saturated rings. The number of thiazole rings is 1. The predicted octanol–water partition coefficient (Wildman–Crippen LogP) is 3.67. The van der Waals surface area contributed by atoms with E-state index in [-0.39, 0.29) is 5.56 Å². The standard InChI is InChI=1S/C15H14N2O2S/c18-15(19)11-6-7-16-12(8-11)4-5-13-9-17-14(20-13)10-2-1-3-10/h4-10H,1-3H2,(H,18,19). The van der Waals surface area contributed by atoms with Gasteiger partial charge in [-0.3, -0.25) is 4.98 Å². The summed E-state index contributed by atoms with van der Waals surface area (Å²) in [5.74, 6) is -0.289. The molecule has 102 valence electrons. The summed E-state index contributed by atoms with van der Waals surface area (Å²) >= 11 is 1.70. The highest BCUT2D eigenvalue weighted by molar-refractivity contribution is 7.12. The number of aromatic carboxylic acids is 1. The Kier molecular flexibility index (Phi) is 3.60. The van der Waals surface area contributed by atoms with Crippen LogP contribution in [0.15, 0.2) is 24.5 Å². The van der Waals surface area contributed by atoms with Crippen LogP contribution in [0.5, 0.6) is 0 Å². The minimum atomic E-state index is -0.938. The highest BCUT2D eigenvalue weighted by Crippen LogP contribution is 2.38. The number of carboxylic acid groups (broad SMARTS) is 1. The summed E-state index contributed by atoms with van der Waals surface area (Å²) in [6.45, 7) is 0. The number of carboxylic acids is 1. The third-order valence-corrected chi connectivity index (χ3v) is 4.57. The molecule has 2 aromatic rings. The van der Waals surface area contributed by atoms with Gasteiger partial charge >= 0.3 is 5.97 Å². The first-order chi connectivity index (χ1) is 9.72. The second-order valence-corrected chi connectivity index (χ2v) is 5.93. The van der Waals surface area contributed by atoms with Crippen molar-refractivity contribution in [2.75, 3.05) is 0 Å². The molecular formula is C15H14N2O2S. The maximum Gasteiger partial charge on any atom is 0.335 e. The van der Waals surface area contributed by atoms with Crippen molar-refractivity contribution in [3.8, 4) is 0 Å². The quantitative estimate of drug-likeness (QED) is 0.931. The van der Waals surface area contributed by atoms with Crippen molar-refractivity contribution >= 4 is 29.5 Å². The van der Waals surface area contributed by atoms with Gasteiger partial charge in [0.15, 0.2) is 0 Å². The fourth-order valence-corrected chi connectivity index (χ4v) is 3.05. The molecule has 1 N–H and O–H groups in total. The average Bonchev–Trinajstić information content (AvgIpc) is 2.83. The lowest BCUT2D eigenvalue weighted by Gasteiger charge is -2.22. The molecule has 0 unspecified atom stereocenters. The minimum absolute atomic E-state index is 0.249. The van der Waals surface area contributed by atoms with Crippen molar-refractivity contribution in [3.05, 3.63) is 45.7 Å². The Labute approximate surface area is 120 Å². The number of hydrogen-bond donors (Lipinski definition) is 1. The monoisotopic (exact) mass is 286 g/mol. The number of hydrogen-bond acceptors (Lipinski definition) is 4. The van der Waals surface area contributed by atoms with Gasteiger partial charge in [0.2, 0.25) is 0 Å². The molecule has 5 heteroatoms. The van der Waals surface area contributed by atoms with Crippen LogP contribution in [0.3, 0.4) is 0 Å². The van der Waals surface area contributed by atoms with Crippen LogP contribution in [0.1, 0.15) is 51.1 Å². The molecule has 3 rings (SSSR count). The van der Waals surface area contributed by atoms with Crippen LogP contribution >= 0.6 is 11.3 Å². The minimum Gasteiger partial charge on any atom is -0.478 e. The molecule has 1 saturated carbocycles. The van der Waals surface area contributed by atoms with Gasteiger partial charge in [-0.15, -0.1) is 11.3 Å². The lowest BCUT2D eigenvalue weighted by molar-refractivity contribution is 0.0696. The smallest absolute Gasteiger partial charge is 0.335 e. The van der Waals surface area contributed by atoms with Crippen LogP contribution in [0, 0.1) is 0 Å². The SMILES string of the molecule is O=C(O)c1ccnc(C=Cc2cnc(C3CCC3)s2)c1. The molecular weight excluding hydrogens is 272 g/mol. The Morgan fingerprint density at radius 1 is 1.35 bits per heavy atom. The third-order valence-electron chi connectivity index (χ3n) is 3.44. The van der Waals surface area contributed by atoms with Crippen molar-refractivity contribution < 1.29 is 9.90 Å². The first-order valence-electron chi connectivity index (χ1n) is 6.55. The Morgan fingerprint density at radius 2 is 2.20 bits per heavy atom. The van der Waals surface area contributed by atoms with E-state index in [2.05, 4.69) is 9.97 Å². The molecule has 0 aliphatic heterocycles. The summed E-state index contributed by atoms with van der Waals surface area (Å²) in [5.41, 5.74) is 0.891. The van der Waals surface area contributed by atoms with E-state index in [9.17, 15) is 4.79 Å². The van der Waals surface area contributed by atoms with E-state index < -0.39 is 5.97 Å². The summed E-state index contributed by atoms with van der Waals surface area (Å²) in [7, 11) is 0. The summed E-state index contributed by atoms with van der Waals surface area (Å²) < 4.78 is 0. The van der Waals surface area contributed by atoms with Crippen molar-refractivity contribution in [3.63, 3.8) is 0 Å². The Bertz CT molecular complexity index is 659. The van der Waals surface area contributed by atoms with E-state index >= 15 is 0 Å². The van der Waals surface area contributed by atoms with Gasteiger partial charge in [0.25, 0.3) is 0 Å². The second-order valence-electron chi connectivity index (χ2n) is 4.84. The Morgan fingerprint density at radius 3 is 2.90 bits per heavy atom. The first-order valence-corrected chi connectivity index (χ1v) is 7.37. The third kappa shape index (κ3) is 2.77. The maximum atomic E-state index is 10.9. The Balaban J connectivity index is 1.74. The maximum absolute atomic E-state index is 10.9. The highest BCUT2D eigenvalue weighted by atomic mass is 32.1. The molecule has 0 atom stereocenters. The number of nitrogens with zero attached hydrogens (tertiary/aromatic N) is 2. The fraction of sp³-hybridized carbons (Fsp3) is 0.267. The van der Waals surface area contributed by atoms with Gasteiger partial charge in [-0.05, 0) is 37.1 Å². The van der Waals surface area contributed by atoms with E-state index in [1.807, 2.05) is 18.3 Å². The molecule has 4 nitrogen and oxygen atoms in total.